The number of rotatable bonds is 5. The molecule has 0 aliphatic carbocycles. The summed E-state index contributed by atoms with van der Waals surface area (Å²) in [6.45, 7) is 10.8. The minimum atomic E-state index is -0.627. The van der Waals surface area contributed by atoms with Gasteiger partial charge in [0.2, 0.25) is 11.8 Å². The monoisotopic (exact) mass is 630 g/mol. The minimum Gasteiger partial charge on any atom is -0.490 e. The van der Waals surface area contributed by atoms with Gasteiger partial charge in [-0.25, -0.2) is 4.39 Å². The summed E-state index contributed by atoms with van der Waals surface area (Å²) in [5, 5.41) is 24.6. The van der Waals surface area contributed by atoms with Crippen molar-refractivity contribution in [2.24, 2.45) is 23.7 Å². The molecule has 244 valence electrons. The van der Waals surface area contributed by atoms with Crippen molar-refractivity contribution in [3.8, 4) is 11.5 Å². The van der Waals surface area contributed by atoms with Gasteiger partial charge in [-0.1, -0.05) is 0 Å². The molecule has 45 heavy (non-hydrogen) atoms. The number of methoxy groups -OCH3 is 2. The Labute approximate surface area is 260 Å². The zero-order valence-electron chi connectivity index (χ0n) is 25.8. The van der Waals surface area contributed by atoms with E-state index in [2.05, 4.69) is 15.0 Å². The Morgan fingerprint density at radius 3 is 1.64 bits per heavy atom. The lowest BCUT2D eigenvalue weighted by atomic mass is 10.0. The molecule has 14 nitrogen and oxygen atoms in total. The number of nitrogens with zero attached hydrogens (tertiary/aromatic N) is 5. The average molecular weight is 631 g/mol. The van der Waals surface area contributed by atoms with Crippen LogP contribution >= 0.6 is 0 Å². The lowest BCUT2D eigenvalue weighted by Crippen LogP contribution is -2.31. The Morgan fingerprint density at radius 2 is 1.20 bits per heavy atom. The Balaban J connectivity index is 0.000000169. The van der Waals surface area contributed by atoms with Gasteiger partial charge in [0.25, 0.3) is 0 Å². The number of amides is 2. The van der Waals surface area contributed by atoms with Crippen LogP contribution in [-0.2, 0) is 9.59 Å². The van der Waals surface area contributed by atoms with Crippen LogP contribution in [0.1, 0.15) is 13.8 Å². The van der Waals surface area contributed by atoms with Crippen molar-refractivity contribution in [2.75, 3.05) is 71.5 Å². The lowest BCUT2D eigenvalue weighted by Gasteiger charge is -2.22. The molecular weight excluding hydrogens is 591 g/mol. The van der Waals surface area contributed by atoms with Gasteiger partial charge in [0.1, 0.15) is 5.82 Å². The fourth-order valence-electron chi connectivity index (χ4n) is 6.39. The van der Waals surface area contributed by atoms with Crippen molar-refractivity contribution < 1.29 is 33.3 Å². The molecule has 15 heteroatoms. The van der Waals surface area contributed by atoms with Crippen LogP contribution in [0.5, 0.6) is 11.5 Å². The topological polar surface area (TPSA) is 161 Å². The Bertz CT molecular complexity index is 1400. The minimum absolute atomic E-state index is 0.0200. The summed E-state index contributed by atoms with van der Waals surface area (Å²) >= 11 is 0. The van der Waals surface area contributed by atoms with E-state index in [0.717, 1.165) is 88.1 Å². The molecule has 2 aromatic carbocycles. The lowest BCUT2D eigenvalue weighted by molar-refractivity contribution is -0.385. The largest absolute Gasteiger partial charge is 0.490 e. The number of ether oxygens (including phenoxy) is 2. The number of nitro groups is 2. The normalized spacial score (nSPS) is 22.8. The molecule has 4 atom stereocenters. The summed E-state index contributed by atoms with van der Waals surface area (Å²) in [6.07, 6.45) is 0. The number of hydrogen-bond donors (Lipinski definition) is 1. The maximum absolute atomic E-state index is 12.5. The van der Waals surface area contributed by atoms with E-state index in [9.17, 15) is 34.2 Å². The van der Waals surface area contributed by atoms with Gasteiger partial charge in [0.05, 0.1) is 24.1 Å². The molecule has 6 rings (SSSR count). The van der Waals surface area contributed by atoms with E-state index in [1.165, 1.54) is 20.3 Å². The second-order valence-electron chi connectivity index (χ2n) is 11.6. The number of halogens is 1. The quantitative estimate of drug-likeness (QED) is 0.384. The van der Waals surface area contributed by atoms with E-state index in [1.807, 2.05) is 9.80 Å². The molecule has 1 N–H and O–H groups in total. The summed E-state index contributed by atoms with van der Waals surface area (Å²) in [5.41, 5.74) is 0.679. The molecular formula is C30H39FN6O8. The first-order valence-electron chi connectivity index (χ1n) is 14.7. The molecule has 2 aromatic rings. The molecule has 0 aromatic heterocycles. The van der Waals surface area contributed by atoms with Crippen LogP contribution < -0.4 is 19.7 Å². The van der Waals surface area contributed by atoms with Gasteiger partial charge in [0, 0.05) is 108 Å². The summed E-state index contributed by atoms with van der Waals surface area (Å²) in [5.74, 6) is 2.45. The predicted molar refractivity (Wildman–Crippen MR) is 163 cm³/mol. The summed E-state index contributed by atoms with van der Waals surface area (Å²) in [7, 11) is 2.69. The molecule has 4 heterocycles. The van der Waals surface area contributed by atoms with E-state index >= 15 is 0 Å². The smallest absolute Gasteiger partial charge is 0.311 e. The van der Waals surface area contributed by atoms with E-state index in [4.69, 9.17) is 4.74 Å². The molecule has 0 spiro atoms. The van der Waals surface area contributed by atoms with Crippen LogP contribution in [0.4, 0.5) is 21.5 Å². The molecule has 0 bridgehead atoms. The number of nitro benzene ring substituents is 2. The average Bonchev–Trinajstić information content (AvgIpc) is 3.78. The Kier molecular flexibility index (Phi) is 10.8. The molecule has 0 saturated carbocycles. The highest BCUT2D eigenvalue weighted by molar-refractivity contribution is 5.74. The molecule has 0 radical (unpaired) electrons. The fourth-order valence-corrected chi connectivity index (χ4v) is 6.39. The number of fused-ring (bicyclic) bond motifs is 2. The Morgan fingerprint density at radius 1 is 0.756 bits per heavy atom. The third-order valence-electron chi connectivity index (χ3n) is 8.83. The third-order valence-corrected chi connectivity index (χ3v) is 8.83. The number of likely N-dealkylation sites (tertiary alicyclic amines) is 2. The number of benzene rings is 2. The molecule has 4 saturated heterocycles. The van der Waals surface area contributed by atoms with Gasteiger partial charge < -0.3 is 29.5 Å². The fraction of sp³-hybridized carbons (Fsp3) is 0.533. The van der Waals surface area contributed by atoms with Gasteiger partial charge >= 0.3 is 11.4 Å². The van der Waals surface area contributed by atoms with Gasteiger partial charge in [-0.15, -0.1) is 0 Å². The van der Waals surface area contributed by atoms with Crippen LogP contribution in [0.25, 0.3) is 0 Å². The van der Waals surface area contributed by atoms with Crippen LogP contribution in [0.3, 0.4) is 0 Å². The standard InChI is InChI=1S/C15H19N3O4.C8H14N2O.C7H6FNO3/c1-10(19)16-6-11-8-17(9-12(11)7-16)13-3-4-14(18(20)21)15(5-13)22-2;1-6(11)10-4-7-2-9-3-8(7)5-10;1-12-7-4-5(8)2-3-6(7)9(10)11/h3-5,11-12H,6-9H2,1-2H3;7-9H,2-5H2,1H3;2-4H,1H3/t11-,12+;7-,8+;. The van der Waals surface area contributed by atoms with Gasteiger partial charge in [-0.2, -0.15) is 0 Å². The van der Waals surface area contributed by atoms with Gasteiger partial charge in [-0.05, 0) is 24.0 Å². The maximum Gasteiger partial charge on any atom is 0.311 e. The Hall–Kier alpha value is -4.53. The first kappa shape index (κ1) is 33.4. The second kappa shape index (κ2) is 14.5. The predicted octanol–water partition coefficient (Wildman–Crippen LogP) is 2.94. The molecule has 4 fully saturated rings. The van der Waals surface area contributed by atoms with Crippen LogP contribution in [0.2, 0.25) is 0 Å². The second-order valence-corrected chi connectivity index (χ2v) is 11.6. The van der Waals surface area contributed by atoms with E-state index in [1.54, 1.807) is 26.0 Å². The van der Waals surface area contributed by atoms with Crippen molar-refractivity contribution in [1.82, 2.24) is 15.1 Å². The molecule has 4 aliphatic heterocycles. The van der Waals surface area contributed by atoms with Crippen LogP contribution in [0.15, 0.2) is 36.4 Å². The van der Waals surface area contributed by atoms with Crippen LogP contribution in [0, 0.1) is 49.7 Å². The number of hydrogen-bond acceptors (Lipinski definition) is 10. The number of carbonyl (C=O) groups excluding carboxylic acids is 2. The molecule has 2 amide bonds. The maximum atomic E-state index is 12.5. The first-order chi connectivity index (χ1) is 21.4. The van der Waals surface area contributed by atoms with Crippen molar-refractivity contribution in [3.05, 3.63) is 62.4 Å². The van der Waals surface area contributed by atoms with Crippen molar-refractivity contribution in [1.29, 1.82) is 0 Å². The molecule has 4 aliphatic rings. The SMILES string of the molecule is CC(=O)N1C[C@H]2CNC[C@H]2C1.COc1cc(F)ccc1[N+](=O)[O-].COc1cc(N2C[C@H]3CN(C(C)=O)C[C@H]3C2)ccc1[N+](=O)[O-]. The zero-order chi connectivity index (χ0) is 32.8. The van der Waals surface area contributed by atoms with E-state index in [-0.39, 0.29) is 34.7 Å². The molecule has 0 unspecified atom stereocenters. The van der Waals surface area contributed by atoms with E-state index in [0.29, 0.717) is 11.8 Å². The van der Waals surface area contributed by atoms with Crippen LogP contribution in [-0.4, -0.2) is 98.0 Å². The number of carbonyl (C=O) groups is 2. The highest BCUT2D eigenvalue weighted by Crippen LogP contribution is 2.37. The van der Waals surface area contributed by atoms with E-state index < -0.39 is 15.7 Å². The number of anilines is 1. The summed E-state index contributed by atoms with van der Waals surface area (Å²) < 4.78 is 22.2. The van der Waals surface area contributed by atoms with Gasteiger partial charge in [0.15, 0.2) is 11.5 Å². The van der Waals surface area contributed by atoms with Crippen molar-refractivity contribution >= 4 is 28.9 Å². The number of nitrogens with one attached hydrogen (secondary N) is 1. The highest BCUT2D eigenvalue weighted by Gasteiger charge is 2.41. The first-order valence-corrected chi connectivity index (χ1v) is 14.7. The highest BCUT2D eigenvalue weighted by atomic mass is 19.1. The summed E-state index contributed by atoms with van der Waals surface area (Å²) in [4.78, 5) is 48.7. The van der Waals surface area contributed by atoms with Crippen molar-refractivity contribution in [2.45, 2.75) is 13.8 Å². The zero-order valence-corrected chi connectivity index (χ0v) is 25.8. The van der Waals surface area contributed by atoms with Crippen molar-refractivity contribution in [3.63, 3.8) is 0 Å². The third kappa shape index (κ3) is 7.95. The summed E-state index contributed by atoms with van der Waals surface area (Å²) in [6, 6.07) is 8.03. The van der Waals surface area contributed by atoms with Gasteiger partial charge in [-0.3, -0.25) is 29.8 Å².